The maximum Gasteiger partial charge on any atom is 0.322 e. The molecule has 1 aliphatic rings. The first-order valence-corrected chi connectivity index (χ1v) is 7.61. The number of fused-ring (bicyclic) bond motifs is 1. The van der Waals surface area contributed by atoms with Crippen LogP contribution < -0.4 is 15.5 Å². The van der Waals surface area contributed by atoms with E-state index in [1.54, 1.807) is 11.9 Å². The standard InChI is InChI=1S/C18H19N3O2/c1-19-17(22)16-11-14-9-5-6-10-15(14)21(16)18(23)20-12-13-7-3-2-4-8-13/h2-10,16H,11-12H2,1H3,(H,19,22)(H,20,23)/t16-/m0/s1. The van der Waals surface area contributed by atoms with Gasteiger partial charge in [-0.3, -0.25) is 9.69 Å². The van der Waals surface area contributed by atoms with Gasteiger partial charge in [-0.2, -0.15) is 0 Å². The number of carbonyl (C=O) groups excluding carboxylic acids is 2. The zero-order valence-electron chi connectivity index (χ0n) is 13.0. The molecule has 23 heavy (non-hydrogen) atoms. The molecule has 118 valence electrons. The van der Waals surface area contributed by atoms with Crippen LogP contribution in [0.1, 0.15) is 11.1 Å². The van der Waals surface area contributed by atoms with E-state index in [1.807, 2.05) is 54.6 Å². The summed E-state index contributed by atoms with van der Waals surface area (Å²) in [6.07, 6.45) is 0.536. The molecular weight excluding hydrogens is 290 g/mol. The first kappa shape index (κ1) is 15.1. The Kier molecular flexibility index (Phi) is 4.28. The van der Waals surface area contributed by atoms with E-state index < -0.39 is 6.04 Å². The fraction of sp³-hybridized carbons (Fsp3) is 0.222. The van der Waals surface area contributed by atoms with Crippen LogP contribution in [-0.2, 0) is 17.8 Å². The van der Waals surface area contributed by atoms with E-state index in [2.05, 4.69) is 10.6 Å². The van der Waals surface area contributed by atoms with Crippen LogP contribution in [0.15, 0.2) is 54.6 Å². The van der Waals surface area contributed by atoms with Gasteiger partial charge >= 0.3 is 6.03 Å². The molecule has 2 aromatic carbocycles. The molecule has 1 atom stereocenters. The van der Waals surface area contributed by atoms with Gasteiger partial charge in [0.25, 0.3) is 0 Å². The van der Waals surface area contributed by atoms with Crippen LogP contribution in [-0.4, -0.2) is 25.0 Å². The summed E-state index contributed by atoms with van der Waals surface area (Å²) >= 11 is 0. The van der Waals surface area contributed by atoms with E-state index in [0.29, 0.717) is 13.0 Å². The van der Waals surface area contributed by atoms with Gasteiger partial charge in [-0.05, 0) is 17.2 Å². The Bertz CT molecular complexity index is 715. The van der Waals surface area contributed by atoms with E-state index in [-0.39, 0.29) is 11.9 Å². The number of urea groups is 1. The molecule has 2 N–H and O–H groups in total. The Balaban J connectivity index is 1.79. The number of nitrogens with zero attached hydrogens (tertiary/aromatic N) is 1. The molecule has 0 aliphatic carbocycles. The van der Waals surface area contributed by atoms with Crippen molar-refractivity contribution in [2.24, 2.45) is 0 Å². The number of benzene rings is 2. The molecule has 2 aromatic rings. The van der Waals surface area contributed by atoms with Crippen molar-refractivity contribution >= 4 is 17.6 Å². The van der Waals surface area contributed by atoms with Gasteiger partial charge in [-0.25, -0.2) is 4.79 Å². The third-order valence-corrected chi connectivity index (χ3v) is 4.03. The molecule has 0 unspecified atom stereocenters. The SMILES string of the molecule is CNC(=O)[C@@H]1Cc2ccccc2N1C(=O)NCc1ccccc1. The molecule has 0 fully saturated rings. The van der Waals surface area contributed by atoms with Crippen LogP contribution in [0.25, 0.3) is 0 Å². The average Bonchev–Trinajstić information content (AvgIpc) is 2.99. The number of anilines is 1. The van der Waals surface area contributed by atoms with Crippen LogP contribution in [0.3, 0.4) is 0 Å². The highest BCUT2D eigenvalue weighted by molar-refractivity contribution is 6.02. The van der Waals surface area contributed by atoms with Crippen molar-refractivity contribution in [3.8, 4) is 0 Å². The fourth-order valence-electron chi connectivity index (χ4n) is 2.87. The third kappa shape index (κ3) is 3.04. The zero-order valence-corrected chi connectivity index (χ0v) is 13.0. The Labute approximate surface area is 135 Å². The van der Waals surface area contributed by atoms with E-state index in [4.69, 9.17) is 0 Å². The van der Waals surface area contributed by atoms with E-state index in [9.17, 15) is 9.59 Å². The highest BCUT2D eigenvalue weighted by atomic mass is 16.2. The summed E-state index contributed by atoms with van der Waals surface area (Å²) in [4.78, 5) is 26.3. The molecule has 0 saturated heterocycles. The Hall–Kier alpha value is -2.82. The first-order valence-electron chi connectivity index (χ1n) is 7.61. The molecule has 0 aromatic heterocycles. The van der Waals surface area contributed by atoms with E-state index >= 15 is 0 Å². The van der Waals surface area contributed by atoms with E-state index in [1.165, 1.54) is 0 Å². The monoisotopic (exact) mass is 309 g/mol. The normalized spacial score (nSPS) is 15.9. The lowest BCUT2D eigenvalue weighted by atomic mass is 10.1. The summed E-state index contributed by atoms with van der Waals surface area (Å²) in [5.74, 6) is -0.156. The predicted octanol–water partition coefficient (Wildman–Crippen LogP) is 2.07. The topological polar surface area (TPSA) is 61.4 Å². The van der Waals surface area contributed by atoms with Crippen LogP contribution in [0, 0.1) is 0 Å². The van der Waals surface area contributed by atoms with Crippen molar-refractivity contribution in [2.75, 3.05) is 11.9 Å². The van der Waals surface area contributed by atoms with Gasteiger partial charge < -0.3 is 10.6 Å². The minimum atomic E-state index is -0.506. The van der Waals surface area contributed by atoms with Crippen molar-refractivity contribution in [3.63, 3.8) is 0 Å². The zero-order chi connectivity index (χ0) is 16.2. The summed E-state index contributed by atoms with van der Waals surface area (Å²) in [5, 5.41) is 5.54. The highest BCUT2D eigenvalue weighted by Gasteiger charge is 2.37. The van der Waals surface area contributed by atoms with Crippen LogP contribution in [0.2, 0.25) is 0 Å². The van der Waals surface area contributed by atoms with Crippen molar-refractivity contribution in [1.82, 2.24) is 10.6 Å². The number of likely N-dealkylation sites (N-methyl/N-ethyl adjacent to an activating group) is 1. The second kappa shape index (κ2) is 6.52. The second-order valence-electron chi connectivity index (χ2n) is 5.48. The molecule has 1 heterocycles. The lowest BCUT2D eigenvalue weighted by Gasteiger charge is -2.24. The van der Waals surface area contributed by atoms with Gasteiger partial charge in [0.2, 0.25) is 5.91 Å². The van der Waals surface area contributed by atoms with Gasteiger partial charge in [-0.15, -0.1) is 0 Å². The van der Waals surface area contributed by atoms with Gasteiger partial charge in [0, 0.05) is 25.7 Å². The predicted molar refractivity (Wildman–Crippen MR) is 89.2 cm³/mol. The summed E-state index contributed by atoms with van der Waals surface area (Å²) in [6.45, 7) is 0.429. The number of para-hydroxylation sites is 1. The molecule has 0 bridgehead atoms. The maximum absolute atomic E-state index is 12.6. The van der Waals surface area contributed by atoms with Crippen LogP contribution in [0.4, 0.5) is 10.5 Å². The lowest BCUT2D eigenvalue weighted by molar-refractivity contribution is -0.121. The van der Waals surface area contributed by atoms with Gasteiger partial charge in [0.15, 0.2) is 0 Å². The highest BCUT2D eigenvalue weighted by Crippen LogP contribution is 2.32. The Morgan fingerprint density at radius 1 is 1.09 bits per heavy atom. The molecule has 3 amide bonds. The molecule has 3 rings (SSSR count). The van der Waals surface area contributed by atoms with Gasteiger partial charge in [-0.1, -0.05) is 48.5 Å². The van der Waals surface area contributed by atoms with Gasteiger partial charge in [0.1, 0.15) is 6.04 Å². The fourth-order valence-corrected chi connectivity index (χ4v) is 2.87. The van der Waals surface area contributed by atoms with E-state index in [0.717, 1.165) is 16.8 Å². The molecule has 1 aliphatic heterocycles. The smallest absolute Gasteiger partial charge is 0.322 e. The minimum absolute atomic E-state index is 0.156. The molecule has 0 radical (unpaired) electrons. The largest absolute Gasteiger partial charge is 0.357 e. The minimum Gasteiger partial charge on any atom is -0.357 e. The number of carbonyl (C=O) groups is 2. The average molecular weight is 309 g/mol. The van der Waals surface area contributed by atoms with Crippen molar-refractivity contribution < 1.29 is 9.59 Å². The van der Waals surface area contributed by atoms with Crippen molar-refractivity contribution in [2.45, 2.75) is 19.0 Å². The first-order chi connectivity index (χ1) is 11.2. The third-order valence-electron chi connectivity index (χ3n) is 4.03. The van der Waals surface area contributed by atoms with Crippen LogP contribution in [0.5, 0.6) is 0 Å². The Morgan fingerprint density at radius 3 is 2.52 bits per heavy atom. The Morgan fingerprint density at radius 2 is 1.78 bits per heavy atom. The second-order valence-corrected chi connectivity index (χ2v) is 5.48. The number of nitrogens with one attached hydrogen (secondary N) is 2. The maximum atomic E-state index is 12.6. The summed E-state index contributed by atoms with van der Waals surface area (Å²) in [6, 6.07) is 16.6. The van der Waals surface area contributed by atoms with Gasteiger partial charge in [0.05, 0.1) is 0 Å². The van der Waals surface area contributed by atoms with Crippen LogP contribution >= 0.6 is 0 Å². The molecule has 0 saturated carbocycles. The molecule has 0 spiro atoms. The molecule has 5 nitrogen and oxygen atoms in total. The quantitative estimate of drug-likeness (QED) is 0.912. The number of rotatable bonds is 3. The summed E-state index contributed by atoms with van der Waals surface area (Å²) in [5.41, 5.74) is 2.83. The molecular formula is C18H19N3O2. The summed E-state index contributed by atoms with van der Waals surface area (Å²) < 4.78 is 0. The van der Waals surface area contributed by atoms with Crippen molar-refractivity contribution in [1.29, 1.82) is 0 Å². The number of hydrogen-bond donors (Lipinski definition) is 2. The number of hydrogen-bond acceptors (Lipinski definition) is 2. The summed E-state index contributed by atoms with van der Waals surface area (Å²) in [7, 11) is 1.59. The van der Waals surface area contributed by atoms with Crippen molar-refractivity contribution in [3.05, 3.63) is 65.7 Å². The lowest BCUT2D eigenvalue weighted by Crippen LogP contribution is -2.50. The molecule has 5 heteroatoms. The number of amides is 3.